The number of hydrogen-bond donors (Lipinski definition) is 0. The van der Waals surface area contributed by atoms with Gasteiger partial charge in [0.25, 0.3) is 5.60 Å². The summed E-state index contributed by atoms with van der Waals surface area (Å²) in [4.78, 5) is 41.0. The van der Waals surface area contributed by atoms with E-state index in [1.807, 2.05) is 13.8 Å². The summed E-state index contributed by atoms with van der Waals surface area (Å²) in [6, 6.07) is 0.000268. The largest absolute Gasteiger partial charge is 0.496 e. The van der Waals surface area contributed by atoms with Gasteiger partial charge in [-0.3, -0.25) is 14.5 Å². The Kier molecular flexibility index (Phi) is 4.24. The summed E-state index contributed by atoms with van der Waals surface area (Å²) < 4.78 is 17.5. The topological polar surface area (TPSA) is 82.1 Å². The molecule has 0 bridgehead atoms. The average Bonchev–Trinajstić information content (AvgIpc) is 3.33. The Labute approximate surface area is 176 Å². The molecule has 1 aliphatic carbocycles. The van der Waals surface area contributed by atoms with E-state index < -0.39 is 17.1 Å². The highest BCUT2D eigenvalue weighted by molar-refractivity contribution is 6.14. The van der Waals surface area contributed by atoms with Gasteiger partial charge >= 0.3 is 11.9 Å². The number of esters is 2. The Bertz CT molecular complexity index is 919. The summed E-state index contributed by atoms with van der Waals surface area (Å²) in [7, 11) is 1.51. The molecule has 3 fully saturated rings. The summed E-state index contributed by atoms with van der Waals surface area (Å²) in [5, 5.41) is 0. The molecule has 4 heterocycles. The zero-order valence-corrected chi connectivity index (χ0v) is 18.1. The Morgan fingerprint density at radius 2 is 1.90 bits per heavy atom. The van der Waals surface area contributed by atoms with E-state index in [0.717, 1.165) is 37.8 Å². The highest BCUT2D eigenvalue weighted by Gasteiger charge is 2.76. The van der Waals surface area contributed by atoms with Crippen molar-refractivity contribution in [1.82, 2.24) is 4.90 Å². The molecule has 0 radical (unpaired) electrons. The van der Waals surface area contributed by atoms with Crippen LogP contribution in [0.15, 0.2) is 22.5 Å². The number of nitrogens with zero attached hydrogens (tertiary/aromatic N) is 1. The number of cyclic esters (lactones) is 1. The van der Waals surface area contributed by atoms with Crippen molar-refractivity contribution in [1.29, 1.82) is 0 Å². The average molecular weight is 415 g/mol. The molecule has 7 nitrogen and oxygen atoms in total. The van der Waals surface area contributed by atoms with Gasteiger partial charge in [-0.05, 0) is 70.1 Å². The normalized spacial score (nSPS) is 41.3. The Morgan fingerprint density at radius 3 is 2.57 bits per heavy atom. The monoisotopic (exact) mass is 415 g/mol. The lowest BCUT2D eigenvalue weighted by molar-refractivity contribution is -0.168. The summed E-state index contributed by atoms with van der Waals surface area (Å²) in [6.07, 6.45) is 4.69. The van der Waals surface area contributed by atoms with Crippen molar-refractivity contribution in [3.05, 3.63) is 22.5 Å². The lowest BCUT2D eigenvalue weighted by Crippen LogP contribution is -2.66. The van der Waals surface area contributed by atoms with Gasteiger partial charge < -0.3 is 14.2 Å². The standard InChI is InChI=1S/C23H29NO6/c1-12-11-17(29-20(12)26)16-8-9-22-15(7-5-6-10-24(16)22)13(2)18(25)23(22)19(28-4)14(3)21(27)30-23/h12,16-17H,5-11H2,1-4H3/t12-,16?,17?,22?,23?/m0/s1. The zero-order chi connectivity index (χ0) is 21.4. The number of ketones is 1. The lowest BCUT2D eigenvalue weighted by Gasteiger charge is -2.48. The predicted octanol–water partition coefficient (Wildman–Crippen LogP) is 2.44. The van der Waals surface area contributed by atoms with Gasteiger partial charge in [-0.1, -0.05) is 6.92 Å². The van der Waals surface area contributed by atoms with Crippen LogP contribution in [0.2, 0.25) is 0 Å². The van der Waals surface area contributed by atoms with Gasteiger partial charge in [0.2, 0.25) is 5.78 Å². The van der Waals surface area contributed by atoms with Gasteiger partial charge in [0.15, 0.2) is 5.76 Å². The summed E-state index contributed by atoms with van der Waals surface area (Å²) in [6.45, 7) is 6.20. The number of hydrogen-bond acceptors (Lipinski definition) is 7. The second kappa shape index (κ2) is 6.42. The maximum absolute atomic E-state index is 13.8. The van der Waals surface area contributed by atoms with Crippen molar-refractivity contribution in [2.24, 2.45) is 5.92 Å². The first kappa shape index (κ1) is 19.8. The third kappa shape index (κ3) is 2.12. The fourth-order valence-electron chi connectivity index (χ4n) is 6.81. The van der Waals surface area contributed by atoms with Crippen molar-refractivity contribution < 1.29 is 28.6 Å². The molecular formula is C23H29NO6. The minimum absolute atomic E-state index is 0.000268. The first-order chi connectivity index (χ1) is 14.3. The number of Topliss-reactive ketones (excluding diaryl/α,β-unsaturated/α-hetero) is 1. The summed E-state index contributed by atoms with van der Waals surface area (Å²) in [5.41, 5.74) is -0.0942. The smallest absolute Gasteiger partial charge is 0.338 e. The Morgan fingerprint density at radius 1 is 1.13 bits per heavy atom. The molecular weight excluding hydrogens is 386 g/mol. The van der Waals surface area contributed by atoms with Crippen molar-refractivity contribution in [2.75, 3.05) is 13.7 Å². The second-order valence-corrected chi connectivity index (χ2v) is 9.39. The van der Waals surface area contributed by atoms with E-state index in [9.17, 15) is 14.4 Å². The van der Waals surface area contributed by atoms with Gasteiger partial charge in [0.1, 0.15) is 6.10 Å². The number of methoxy groups -OCH3 is 1. The van der Waals surface area contributed by atoms with Gasteiger partial charge in [0, 0.05) is 6.04 Å². The molecule has 4 aliphatic heterocycles. The Balaban J connectivity index is 1.69. The second-order valence-electron chi connectivity index (χ2n) is 9.39. The molecule has 0 aromatic rings. The molecule has 2 spiro atoms. The van der Waals surface area contributed by atoms with Crippen molar-refractivity contribution >= 4 is 17.7 Å². The van der Waals surface area contributed by atoms with Crippen LogP contribution >= 0.6 is 0 Å². The molecule has 0 aromatic carbocycles. The zero-order valence-electron chi connectivity index (χ0n) is 18.1. The minimum Gasteiger partial charge on any atom is -0.496 e. The van der Waals surface area contributed by atoms with Crippen LogP contribution in [-0.4, -0.2) is 59.6 Å². The SMILES string of the molecule is COC1=C(C)C(=O)OC12C(=O)C(C)=C1CCCCN3C(C4C[C@H](C)C(=O)O4)CCC132. The Hall–Kier alpha value is -2.15. The van der Waals surface area contributed by atoms with Gasteiger partial charge in [-0.15, -0.1) is 0 Å². The molecule has 5 aliphatic rings. The quantitative estimate of drug-likeness (QED) is 0.641. The fraction of sp³-hybridized carbons (Fsp3) is 0.696. The van der Waals surface area contributed by atoms with Crippen molar-refractivity contribution in [2.45, 2.75) is 82.6 Å². The van der Waals surface area contributed by atoms with Crippen LogP contribution in [0.4, 0.5) is 0 Å². The number of carbonyl (C=O) groups excluding carboxylic acids is 3. The molecule has 30 heavy (non-hydrogen) atoms. The molecule has 0 aromatic heterocycles. The fourth-order valence-corrected chi connectivity index (χ4v) is 6.81. The highest BCUT2D eigenvalue weighted by Crippen LogP contribution is 2.62. The molecule has 0 N–H and O–H groups in total. The van der Waals surface area contributed by atoms with E-state index >= 15 is 0 Å². The van der Waals surface area contributed by atoms with E-state index in [1.54, 1.807) is 6.92 Å². The van der Waals surface area contributed by atoms with Crippen molar-refractivity contribution in [3.8, 4) is 0 Å². The van der Waals surface area contributed by atoms with Crippen LogP contribution in [0.1, 0.15) is 59.3 Å². The van der Waals surface area contributed by atoms with Crippen LogP contribution in [0.3, 0.4) is 0 Å². The minimum atomic E-state index is -1.46. The van der Waals surface area contributed by atoms with Gasteiger partial charge in [0.05, 0.1) is 24.1 Å². The van der Waals surface area contributed by atoms with E-state index in [2.05, 4.69) is 4.90 Å². The molecule has 7 heteroatoms. The molecule has 5 rings (SSSR count). The first-order valence-electron chi connectivity index (χ1n) is 11.0. The molecule has 3 saturated heterocycles. The molecule has 0 saturated carbocycles. The molecule has 5 atom stereocenters. The lowest BCUT2D eigenvalue weighted by atomic mass is 9.73. The molecule has 0 amide bonds. The predicted molar refractivity (Wildman–Crippen MR) is 106 cm³/mol. The van der Waals surface area contributed by atoms with Gasteiger partial charge in [-0.25, -0.2) is 4.79 Å². The van der Waals surface area contributed by atoms with E-state index in [1.165, 1.54) is 7.11 Å². The third-order valence-corrected chi connectivity index (χ3v) is 8.06. The van der Waals surface area contributed by atoms with E-state index in [-0.39, 0.29) is 29.8 Å². The molecule has 4 unspecified atom stereocenters. The maximum atomic E-state index is 13.8. The van der Waals surface area contributed by atoms with E-state index in [0.29, 0.717) is 29.7 Å². The number of carbonyl (C=O) groups is 3. The van der Waals surface area contributed by atoms with Crippen molar-refractivity contribution in [3.63, 3.8) is 0 Å². The maximum Gasteiger partial charge on any atom is 0.338 e. The number of rotatable bonds is 2. The number of ether oxygens (including phenoxy) is 3. The summed E-state index contributed by atoms with van der Waals surface area (Å²) >= 11 is 0. The third-order valence-electron chi connectivity index (χ3n) is 8.06. The van der Waals surface area contributed by atoms with Crippen LogP contribution in [0.5, 0.6) is 0 Å². The van der Waals surface area contributed by atoms with Crippen LogP contribution in [-0.2, 0) is 28.6 Å². The highest BCUT2D eigenvalue weighted by atomic mass is 16.6. The van der Waals surface area contributed by atoms with E-state index in [4.69, 9.17) is 14.2 Å². The summed E-state index contributed by atoms with van der Waals surface area (Å²) in [5.74, 6) is -0.576. The van der Waals surface area contributed by atoms with Crippen LogP contribution in [0, 0.1) is 5.92 Å². The van der Waals surface area contributed by atoms with Crippen LogP contribution < -0.4 is 0 Å². The molecule has 162 valence electrons. The van der Waals surface area contributed by atoms with Gasteiger partial charge in [-0.2, -0.15) is 0 Å². The van der Waals surface area contributed by atoms with Crippen LogP contribution in [0.25, 0.3) is 0 Å². The first-order valence-corrected chi connectivity index (χ1v) is 11.0.